The van der Waals surface area contributed by atoms with Crippen LogP contribution in [0.1, 0.15) is 24.4 Å². The quantitative estimate of drug-likeness (QED) is 0.568. The maximum atomic E-state index is 4.88. The van der Waals surface area contributed by atoms with E-state index in [9.17, 15) is 0 Å². The van der Waals surface area contributed by atoms with E-state index in [1.54, 1.807) is 11.3 Å². The third-order valence-electron chi connectivity index (χ3n) is 3.68. The fourth-order valence-electron chi connectivity index (χ4n) is 2.33. The third kappa shape index (κ3) is 2.81. The Balaban J connectivity index is 2.01. The summed E-state index contributed by atoms with van der Waals surface area (Å²) in [5.74, 6) is 0. The Bertz CT molecular complexity index is 747. The van der Waals surface area contributed by atoms with Gasteiger partial charge in [-0.2, -0.15) is 0 Å². The van der Waals surface area contributed by atoms with Gasteiger partial charge >= 0.3 is 0 Å². The highest BCUT2D eigenvalue weighted by molar-refractivity contribution is 9.10. The predicted molar refractivity (Wildman–Crippen MR) is 93.8 cm³/mol. The minimum absolute atomic E-state index is 0.0779. The molecule has 106 valence electrons. The summed E-state index contributed by atoms with van der Waals surface area (Å²) in [6.45, 7) is 4.45. The van der Waals surface area contributed by atoms with Crippen molar-refractivity contribution in [3.63, 3.8) is 0 Å². The smallest absolute Gasteiger partial charge is 0.103 e. The second-order valence-electron chi connectivity index (χ2n) is 5.51. The van der Waals surface area contributed by atoms with Gasteiger partial charge < -0.3 is 0 Å². The summed E-state index contributed by atoms with van der Waals surface area (Å²) in [5, 5.41) is 3.28. The lowest BCUT2D eigenvalue weighted by Gasteiger charge is -2.22. The van der Waals surface area contributed by atoms with Gasteiger partial charge in [-0.25, -0.2) is 4.98 Å². The molecule has 0 N–H and O–H groups in total. The molecule has 0 bridgehead atoms. The van der Waals surface area contributed by atoms with Gasteiger partial charge in [-0.3, -0.25) is 0 Å². The van der Waals surface area contributed by atoms with Crippen LogP contribution in [0, 0.1) is 0 Å². The second-order valence-corrected chi connectivity index (χ2v) is 7.22. The number of aromatic nitrogens is 1. The normalized spacial score (nSPS) is 11.6. The zero-order valence-electron chi connectivity index (χ0n) is 12.0. The van der Waals surface area contributed by atoms with E-state index >= 15 is 0 Å². The highest BCUT2D eigenvalue weighted by Gasteiger charge is 2.26. The minimum atomic E-state index is -0.0779. The number of halogens is 1. The van der Waals surface area contributed by atoms with Gasteiger partial charge in [0.25, 0.3) is 0 Å². The number of nitrogens with zero attached hydrogens (tertiary/aromatic N) is 1. The molecule has 0 aliphatic heterocycles. The van der Waals surface area contributed by atoms with E-state index in [1.165, 1.54) is 5.56 Å². The van der Waals surface area contributed by atoms with E-state index < -0.39 is 0 Å². The zero-order valence-corrected chi connectivity index (χ0v) is 14.4. The summed E-state index contributed by atoms with van der Waals surface area (Å²) in [7, 11) is 0. The molecule has 0 fully saturated rings. The molecule has 1 nitrogen and oxygen atoms in total. The average molecular weight is 358 g/mol. The van der Waals surface area contributed by atoms with Crippen molar-refractivity contribution in [3.8, 4) is 11.3 Å². The summed E-state index contributed by atoms with van der Waals surface area (Å²) in [6, 6.07) is 18.8. The summed E-state index contributed by atoms with van der Waals surface area (Å²) >= 11 is 5.33. The highest BCUT2D eigenvalue weighted by atomic mass is 79.9. The molecule has 3 aromatic rings. The van der Waals surface area contributed by atoms with Gasteiger partial charge in [0.05, 0.1) is 5.69 Å². The number of hydrogen-bond acceptors (Lipinski definition) is 2. The van der Waals surface area contributed by atoms with Crippen LogP contribution in [0.5, 0.6) is 0 Å². The Morgan fingerprint density at radius 1 is 0.952 bits per heavy atom. The van der Waals surface area contributed by atoms with Gasteiger partial charge in [0.2, 0.25) is 0 Å². The van der Waals surface area contributed by atoms with Gasteiger partial charge in [0, 0.05) is 20.8 Å². The number of hydrogen-bond donors (Lipinski definition) is 0. The van der Waals surface area contributed by atoms with Crippen molar-refractivity contribution in [2.45, 2.75) is 19.3 Å². The molecule has 0 spiro atoms. The van der Waals surface area contributed by atoms with Crippen LogP contribution in [0.25, 0.3) is 11.3 Å². The van der Waals surface area contributed by atoms with Crippen LogP contribution in [0.15, 0.2) is 64.5 Å². The molecule has 0 aliphatic carbocycles. The molecule has 0 saturated heterocycles. The standard InChI is InChI=1S/C18H16BrNS/c1-18(2,13-8-4-3-5-9-13)17-20-16(12-21-17)14-10-6-7-11-15(14)19/h3-12H,1-2H3. The first kappa shape index (κ1) is 14.5. The molecule has 1 aromatic heterocycles. The topological polar surface area (TPSA) is 12.9 Å². The van der Waals surface area contributed by atoms with Crippen LogP contribution < -0.4 is 0 Å². The maximum Gasteiger partial charge on any atom is 0.103 e. The van der Waals surface area contributed by atoms with Crippen molar-refractivity contribution in [1.82, 2.24) is 4.98 Å². The Hall–Kier alpha value is -1.45. The Kier molecular flexibility index (Phi) is 3.96. The van der Waals surface area contributed by atoms with Crippen LogP contribution in [0.4, 0.5) is 0 Å². The predicted octanol–water partition coefficient (Wildman–Crippen LogP) is 5.90. The third-order valence-corrected chi connectivity index (χ3v) is 5.54. The largest absolute Gasteiger partial charge is 0.240 e. The zero-order chi connectivity index (χ0) is 14.9. The lowest BCUT2D eigenvalue weighted by Crippen LogP contribution is -2.18. The molecule has 3 heteroatoms. The van der Waals surface area contributed by atoms with Crippen molar-refractivity contribution in [2.24, 2.45) is 0 Å². The van der Waals surface area contributed by atoms with Crippen molar-refractivity contribution >= 4 is 27.3 Å². The molecule has 0 atom stereocenters. The van der Waals surface area contributed by atoms with Gasteiger partial charge in [0.1, 0.15) is 5.01 Å². The number of thiazole rings is 1. The van der Waals surface area contributed by atoms with Crippen LogP contribution in [0.3, 0.4) is 0 Å². The van der Waals surface area contributed by atoms with Crippen LogP contribution in [-0.2, 0) is 5.41 Å². The monoisotopic (exact) mass is 357 g/mol. The van der Waals surface area contributed by atoms with Crippen molar-refractivity contribution in [2.75, 3.05) is 0 Å². The Labute approximate surface area is 137 Å². The molecule has 2 aromatic carbocycles. The van der Waals surface area contributed by atoms with E-state index in [1.807, 2.05) is 18.2 Å². The fourth-order valence-corrected chi connectivity index (χ4v) is 3.79. The Morgan fingerprint density at radius 3 is 2.33 bits per heavy atom. The van der Waals surface area contributed by atoms with Gasteiger partial charge in [-0.15, -0.1) is 11.3 Å². The number of benzene rings is 2. The summed E-state index contributed by atoms with van der Waals surface area (Å²) in [4.78, 5) is 4.88. The first-order chi connectivity index (χ1) is 10.1. The number of rotatable bonds is 3. The molecule has 0 amide bonds. The molecule has 0 unspecified atom stereocenters. The lowest BCUT2D eigenvalue weighted by atomic mass is 9.85. The summed E-state index contributed by atoms with van der Waals surface area (Å²) in [6.07, 6.45) is 0. The molecule has 0 saturated carbocycles. The van der Waals surface area contributed by atoms with Gasteiger partial charge in [-0.05, 0) is 25.5 Å². The first-order valence-electron chi connectivity index (χ1n) is 6.85. The average Bonchev–Trinajstić information content (AvgIpc) is 2.99. The maximum absolute atomic E-state index is 4.88. The van der Waals surface area contributed by atoms with E-state index in [4.69, 9.17) is 4.98 Å². The molecule has 1 heterocycles. The van der Waals surface area contributed by atoms with Crippen LogP contribution in [0.2, 0.25) is 0 Å². The lowest BCUT2D eigenvalue weighted by molar-refractivity contribution is 0.635. The van der Waals surface area contributed by atoms with Gasteiger partial charge in [0.15, 0.2) is 0 Å². The molecular weight excluding hydrogens is 342 g/mol. The van der Waals surface area contributed by atoms with Crippen molar-refractivity contribution in [3.05, 3.63) is 75.0 Å². The van der Waals surface area contributed by atoms with Crippen LogP contribution >= 0.6 is 27.3 Å². The van der Waals surface area contributed by atoms with Crippen LogP contribution in [-0.4, -0.2) is 4.98 Å². The van der Waals surface area contributed by atoms with Gasteiger partial charge in [-0.1, -0.05) is 64.5 Å². The second kappa shape index (κ2) is 5.74. The van der Waals surface area contributed by atoms with E-state index in [2.05, 4.69) is 71.6 Å². The first-order valence-corrected chi connectivity index (χ1v) is 8.53. The summed E-state index contributed by atoms with van der Waals surface area (Å²) in [5.41, 5.74) is 3.39. The van der Waals surface area contributed by atoms with Crippen molar-refractivity contribution in [1.29, 1.82) is 0 Å². The molecule has 0 aliphatic rings. The fraction of sp³-hybridized carbons (Fsp3) is 0.167. The SMILES string of the molecule is CC(C)(c1ccccc1)c1nc(-c2ccccc2Br)cs1. The summed E-state index contributed by atoms with van der Waals surface area (Å²) < 4.78 is 1.08. The Morgan fingerprint density at radius 2 is 1.62 bits per heavy atom. The molecule has 3 rings (SSSR count). The minimum Gasteiger partial charge on any atom is -0.240 e. The van der Waals surface area contributed by atoms with E-state index in [-0.39, 0.29) is 5.41 Å². The molecular formula is C18H16BrNS. The highest BCUT2D eigenvalue weighted by Crippen LogP contribution is 2.36. The molecule has 0 radical (unpaired) electrons. The van der Waals surface area contributed by atoms with E-state index in [0.29, 0.717) is 0 Å². The van der Waals surface area contributed by atoms with Crippen molar-refractivity contribution < 1.29 is 0 Å². The molecule has 21 heavy (non-hydrogen) atoms. The van der Waals surface area contributed by atoms with E-state index in [0.717, 1.165) is 20.7 Å².